The molecule has 0 spiro atoms. The number of imidazole rings is 1. The Kier molecular flexibility index (Phi) is 4.45. The first kappa shape index (κ1) is 15.0. The Labute approximate surface area is 119 Å². The molecule has 0 bridgehead atoms. The van der Waals surface area contributed by atoms with Crippen LogP contribution in [0.3, 0.4) is 0 Å². The monoisotopic (exact) mass is 280 g/mol. The zero-order valence-electron chi connectivity index (χ0n) is 12.5. The van der Waals surface area contributed by atoms with Crippen molar-refractivity contribution in [2.75, 3.05) is 26.7 Å². The minimum absolute atomic E-state index is 0.0557. The number of carbonyl (C=O) groups excluding carboxylic acids is 1. The molecule has 1 aromatic heterocycles. The molecule has 2 rings (SSSR count). The summed E-state index contributed by atoms with van der Waals surface area (Å²) in [7, 11) is 2.03. The van der Waals surface area contributed by atoms with Crippen LogP contribution < -0.4 is 0 Å². The van der Waals surface area contributed by atoms with E-state index in [1.165, 1.54) is 0 Å². The highest BCUT2D eigenvalue weighted by atomic mass is 16.3. The number of aromatic nitrogens is 2. The topological polar surface area (TPSA) is 72.5 Å². The van der Waals surface area contributed by atoms with Crippen molar-refractivity contribution < 1.29 is 9.90 Å². The third-order valence-electron chi connectivity index (χ3n) is 3.97. The van der Waals surface area contributed by atoms with E-state index < -0.39 is 5.60 Å². The largest absolute Gasteiger partial charge is 0.380 e. The number of nitrogens with one attached hydrogen (secondary N) is 1. The normalized spacial score (nSPS) is 23.6. The third kappa shape index (κ3) is 3.02. The second-order valence-electron chi connectivity index (χ2n) is 5.75. The highest BCUT2D eigenvalue weighted by Gasteiger charge is 2.37. The van der Waals surface area contributed by atoms with E-state index >= 15 is 0 Å². The minimum atomic E-state index is -1.27. The standard InChI is InChI=1S/C14H24N4O2/c1-4-5-14(2,20)13(19)18-9-8-17(3)11(10-18)12-15-6-7-16-12/h6-7,11,20H,4-5,8-10H2,1-3H3,(H,15,16)/t11-,14+/m0/s1. The number of aromatic amines is 1. The lowest BCUT2D eigenvalue weighted by atomic mass is 9.98. The lowest BCUT2D eigenvalue weighted by Gasteiger charge is -2.41. The van der Waals surface area contributed by atoms with E-state index in [-0.39, 0.29) is 11.9 Å². The number of likely N-dealkylation sites (N-methyl/N-ethyl adjacent to an activating group) is 1. The fraction of sp³-hybridized carbons (Fsp3) is 0.714. The molecule has 6 heteroatoms. The maximum Gasteiger partial charge on any atom is 0.254 e. The number of rotatable bonds is 4. The summed E-state index contributed by atoms with van der Waals surface area (Å²) in [6, 6.07) is 0.0557. The van der Waals surface area contributed by atoms with Gasteiger partial charge >= 0.3 is 0 Å². The van der Waals surface area contributed by atoms with E-state index in [1.807, 2.05) is 14.0 Å². The Bertz CT molecular complexity index is 444. The molecule has 1 saturated heterocycles. The number of H-pyrrole nitrogens is 1. The summed E-state index contributed by atoms with van der Waals surface area (Å²) in [4.78, 5) is 23.8. The first-order valence-corrected chi connectivity index (χ1v) is 7.17. The zero-order chi connectivity index (χ0) is 14.8. The third-order valence-corrected chi connectivity index (χ3v) is 3.97. The van der Waals surface area contributed by atoms with E-state index in [0.717, 1.165) is 18.8 Å². The Morgan fingerprint density at radius 3 is 2.95 bits per heavy atom. The number of amides is 1. The highest BCUT2D eigenvalue weighted by Crippen LogP contribution is 2.24. The minimum Gasteiger partial charge on any atom is -0.380 e. The number of hydrogen-bond donors (Lipinski definition) is 2. The van der Waals surface area contributed by atoms with Crippen LogP contribution in [0, 0.1) is 0 Å². The molecule has 0 saturated carbocycles. The molecule has 6 nitrogen and oxygen atoms in total. The van der Waals surface area contributed by atoms with Gasteiger partial charge in [0.25, 0.3) is 5.91 Å². The van der Waals surface area contributed by atoms with Crippen molar-refractivity contribution in [1.82, 2.24) is 19.8 Å². The molecule has 1 aliphatic rings. The predicted octanol–water partition coefficient (Wildman–Crippen LogP) is 0.776. The average Bonchev–Trinajstić information content (AvgIpc) is 2.92. The molecule has 0 radical (unpaired) electrons. The van der Waals surface area contributed by atoms with Crippen molar-refractivity contribution in [3.63, 3.8) is 0 Å². The summed E-state index contributed by atoms with van der Waals surface area (Å²) < 4.78 is 0. The molecular weight excluding hydrogens is 256 g/mol. The Hall–Kier alpha value is -1.40. The molecule has 20 heavy (non-hydrogen) atoms. The summed E-state index contributed by atoms with van der Waals surface area (Å²) in [6.07, 6.45) is 4.78. The molecule has 0 aliphatic carbocycles. The summed E-state index contributed by atoms with van der Waals surface area (Å²) in [6.45, 7) is 5.56. The Morgan fingerprint density at radius 2 is 2.35 bits per heavy atom. The van der Waals surface area contributed by atoms with Gasteiger partial charge in [0.2, 0.25) is 0 Å². The van der Waals surface area contributed by atoms with Crippen molar-refractivity contribution in [2.24, 2.45) is 0 Å². The average molecular weight is 280 g/mol. The van der Waals surface area contributed by atoms with Crippen LogP contribution in [0.4, 0.5) is 0 Å². The molecule has 2 atom stereocenters. The van der Waals surface area contributed by atoms with E-state index in [0.29, 0.717) is 19.5 Å². The summed E-state index contributed by atoms with van der Waals surface area (Å²) in [5.74, 6) is 0.684. The summed E-state index contributed by atoms with van der Waals surface area (Å²) in [5.41, 5.74) is -1.27. The van der Waals surface area contributed by atoms with Crippen LogP contribution in [0.25, 0.3) is 0 Å². The quantitative estimate of drug-likeness (QED) is 0.855. The number of carbonyl (C=O) groups is 1. The Balaban J connectivity index is 2.09. The smallest absolute Gasteiger partial charge is 0.254 e. The van der Waals surface area contributed by atoms with Crippen LogP contribution in [0.2, 0.25) is 0 Å². The van der Waals surface area contributed by atoms with Gasteiger partial charge in [-0.3, -0.25) is 9.69 Å². The lowest BCUT2D eigenvalue weighted by Crippen LogP contribution is -2.55. The van der Waals surface area contributed by atoms with Crippen LogP contribution in [0.5, 0.6) is 0 Å². The number of aliphatic hydroxyl groups is 1. The van der Waals surface area contributed by atoms with Crippen LogP contribution in [-0.4, -0.2) is 63.1 Å². The molecular formula is C14H24N4O2. The van der Waals surface area contributed by atoms with Crippen molar-refractivity contribution in [3.8, 4) is 0 Å². The van der Waals surface area contributed by atoms with Gasteiger partial charge in [0, 0.05) is 32.0 Å². The summed E-state index contributed by atoms with van der Waals surface area (Å²) in [5, 5.41) is 10.3. The van der Waals surface area contributed by atoms with Crippen LogP contribution in [0.15, 0.2) is 12.4 Å². The molecule has 1 aromatic rings. The van der Waals surface area contributed by atoms with E-state index in [1.54, 1.807) is 24.2 Å². The molecule has 2 N–H and O–H groups in total. The van der Waals surface area contributed by atoms with Gasteiger partial charge < -0.3 is 15.0 Å². The number of hydrogen-bond acceptors (Lipinski definition) is 4. The summed E-state index contributed by atoms with van der Waals surface area (Å²) >= 11 is 0. The fourth-order valence-electron chi connectivity index (χ4n) is 2.75. The van der Waals surface area contributed by atoms with Crippen molar-refractivity contribution in [3.05, 3.63) is 18.2 Å². The first-order valence-electron chi connectivity index (χ1n) is 7.17. The van der Waals surface area contributed by atoms with Gasteiger partial charge in [-0.25, -0.2) is 4.98 Å². The van der Waals surface area contributed by atoms with Gasteiger partial charge in [-0.15, -0.1) is 0 Å². The molecule has 1 amide bonds. The van der Waals surface area contributed by atoms with Gasteiger partial charge in [-0.05, 0) is 20.4 Å². The molecule has 112 valence electrons. The molecule has 1 aliphatic heterocycles. The van der Waals surface area contributed by atoms with Gasteiger partial charge in [0.15, 0.2) is 0 Å². The van der Waals surface area contributed by atoms with Gasteiger partial charge in [0.05, 0.1) is 6.04 Å². The van der Waals surface area contributed by atoms with Crippen LogP contribution in [-0.2, 0) is 4.79 Å². The highest BCUT2D eigenvalue weighted by molar-refractivity contribution is 5.84. The molecule has 2 heterocycles. The molecule has 1 fully saturated rings. The van der Waals surface area contributed by atoms with Gasteiger partial charge in [-0.1, -0.05) is 13.3 Å². The second-order valence-corrected chi connectivity index (χ2v) is 5.75. The van der Waals surface area contributed by atoms with Crippen LogP contribution in [0.1, 0.15) is 38.6 Å². The SMILES string of the molecule is CCC[C@@](C)(O)C(=O)N1CCN(C)[C@H](c2ncc[nH]2)C1. The molecule has 0 aromatic carbocycles. The molecule has 0 unspecified atom stereocenters. The van der Waals surface area contributed by atoms with Crippen molar-refractivity contribution in [1.29, 1.82) is 0 Å². The number of nitrogens with zero attached hydrogens (tertiary/aromatic N) is 3. The van der Waals surface area contributed by atoms with Gasteiger partial charge in [0.1, 0.15) is 11.4 Å². The van der Waals surface area contributed by atoms with E-state index in [4.69, 9.17) is 0 Å². The van der Waals surface area contributed by atoms with Crippen molar-refractivity contribution in [2.45, 2.75) is 38.3 Å². The Morgan fingerprint density at radius 1 is 1.60 bits per heavy atom. The number of piperazine rings is 1. The predicted molar refractivity (Wildman–Crippen MR) is 76.1 cm³/mol. The maximum absolute atomic E-state index is 12.5. The van der Waals surface area contributed by atoms with Crippen LogP contribution >= 0.6 is 0 Å². The van der Waals surface area contributed by atoms with Crippen molar-refractivity contribution >= 4 is 5.91 Å². The van der Waals surface area contributed by atoms with E-state index in [2.05, 4.69) is 14.9 Å². The first-order chi connectivity index (χ1) is 9.45. The van der Waals surface area contributed by atoms with E-state index in [9.17, 15) is 9.90 Å². The zero-order valence-corrected chi connectivity index (χ0v) is 12.5. The van der Waals surface area contributed by atoms with Gasteiger partial charge in [-0.2, -0.15) is 0 Å². The lowest BCUT2D eigenvalue weighted by molar-refractivity contribution is -0.153. The fourth-order valence-corrected chi connectivity index (χ4v) is 2.75. The maximum atomic E-state index is 12.5. The second kappa shape index (κ2) is 5.93.